The van der Waals surface area contributed by atoms with Gasteiger partial charge in [0.25, 0.3) is 0 Å². The Morgan fingerprint density at radius 2 is 0.714 bits per heavy atom. The first-order valence-electron chi connectivity index (χ1n) is 16.3. The van der Waals surface area contributed by atoms with Crippen molar-refractivity contribution in [1.82, 2.24) is 0 Å². The third kappa shape index (κ3) is 22.1. The molecular weight excluding hydrogens is 422 g/mol. The molecule has 1 heteroatoms. The van der Waals surface area contributed by atoms with E-state index in [2.05, 4.69) is 42.9 Å². The molecule has 0 atom stereocenters. The third-order valence-corrected chi connectivity index (χ3v) is 7.80. The Morgan fingerprint density at radius 1 is 0.400 bits per heavy atom. The van der Waals surface area contributed by atoms with Gasteiger partial charge in [0.15, 0.2) is 12.4 Å². The number of hydrogen-bond donors (Lipinski definition) is 0. The van der Waals surface area contributed by atoms with Gasteiger partial charge < -0.3 is 0 Å². The average molecular weight is 487 g/mol. The van der Waals surface area contributed by atoms with E-state index in [4.69, 9.17) is 0 Å². The molecule has 1 rings (SSSR count). The molecule has 0 saturated heterocycles. The van der Waals surface area contributed by atoms with Crippen molar-refractivity contribution in [1.29, 1.82) is 0 Å². The smallest absolute Gasteiger partial charge is 0.169 e. The Morgan fingerprint density at radius 3 is 1.09 bits per heavy atom. The molecule has 1 aromatic heterocycles. The van der Waals surface area contributed by atoms with Crippen molar-refractivity contribution in [3.05, 3.63) is 30.1 Å². The summed E-state index contributed by atoms with van der Waals surface area (Å²) in [5, 5.41) is 0. The van der Waals surface area contributed by atoms with Gasteiger partial charge in [-0.25, -0.2) is 4.57 Å². The fourth-order valence-electron chi connectivity index (χ4n) is 5.29. The Hall–Kier alpha value is -0.850. The largest absolute Gasteiger partial charge is 0.205 e. The minimum absolute atomic E-state index is 1.19. The summed E-state index contributed by atoms with van der Waals surface area (Å²) in [4.78, 5) is 0. The predicted octanol–water partition coefficient (Wildman–Crippen LogP) is 11.3. The molecule has 0 saturated carbocycles. The van der Waals surface area contributed by atoms with E-state index in [-0.39, 0.29) is 0 Å². The van der Waals surface area contributed by atoms with Crippen LogP contribution in [-0.2, 0) is 13.0 Å². The second kappa shape index (κ2) is 26.2. The van der Waals surface area contributed by atoms with Crippen LogP contribution in [0.4, 0.5) is 0 Å². The molecule has 1 nitrogen and oxygen atoms in total. The first-order chi connectivity index (χ1) is 17.4. The van der Waals surface area contributed by atoms with Crippen LogP contribution in [0, 0.1) is 0 Å². The standard InChI is InChI=1S/C34H64N/c1-3-5-7-9-11-13-15-17-18-20-22-24-26-28-34-29-32-35(33-30-34)31-27-25-23-21-19-16-14-12-10-8-6-4-2/h29-30,32-33H,3-28,31H2,1-2H3/q+1. The van der Waals surface area contributed by atoms with Crippen LogP contribution in [0.5, 0.6) is 0 Å². The van der Waals surface area contributed by atoms with Gasteiger partial charge in [-0.05, 0) is 24.8 Å². The van der Waals surface area contributed by atoms with Crippen LogP contribution >= 0.6 is 0 Å². The second-order valence-electron chi connectivity index (χ2n) is 11.3. The first-order valence-corrected chi connectivity index (χ1v) is 16.3. The molecule has 35 heavy (non-hydrogen) atoms. The van der Waals surface area contributed by atoms with Crippen LogP contribution in [0.25, 0.3) is 0 Å². The third-order valence-electron chi connectivity index (χ3n) is 7.80. The number of nitrogens with zero attached hydrogens (tertiary/aromatic N) is 1. The lowest BCUT2D eigenvalue weighted by Crippen LogP contribution is -2.32. The molecule has 204 valence electrons. The molecule has 0 bridgehead atoms. The molecule has 0 aliphatic carbocycles. The summed E-state index contributed by atoms with van der Waals surface area (Å²) in [6, 6.07) is 4.72. The van der Waals surface area contributed by atoms with Crippen LogP contribution in [0.2, 0.25) is 0 Å². The summed E-state index contributed by atoms with van der Waals surface area (Å²) in [6.45, 7) is 5.79. The van der Waals surface area contributed by atoms with Crippen molar-refractivity contribution in [2.45, 2.75) is 187 Å². The lowest BCUT2D eigenvalue weighted by molar-refractivity contribution is -0.697. The van der Waals surface area contributed by atoms with Gasteiger partial charge in [0.05, 0.1) is 0 Å². The zero-order chi connectivity index (χ0) is 25.1. The van der Waals surface area contributed by atoms with Crippen molar-refractivity contribution in [2.75, 3.05) is 0 Å². The summed E-state index contributed by atoms with van der Waals surface area (Å²) in [5.41, 5.74) is 1.53. The lowest BCUT2D eigenvalue weighted by Gasteiger charge is -2.04. The van der Waals surface area contributed by atoms with E-state index in [9.17, 15) is 0 Å². The normalized spacial score (nSPS) is 11.4. The number of pyridine rings is 1. The topological polar surface area (TPSA) is 3.88 Å². The van der Waals surface area contributed by atoms with Gasteiger partial charge >= 0.3 is 0 Å². The van der Waals surface area contributed by atoms with Crippen molar-refractivity contribution in [3.63, 3.8) is 0 Å². The van der Waals surface area contributed by atoms with Crippen LogP contribution in [0.15, 0.2) is 24.5 Å². The van der Waals surface area contributed by atoms with Gasteiger partial charge in [-0.2, -0.15) is 0 Å². The fourth-order valence-corrected chi connectivity index (χ4v) is 5.29. The maximum Gasteiger partial charge on any atom is 0.169 e. The van der Waals surface area contributed by atoms with E-state index < -0.39 is 0 Å². The Bertz CT molecular complexity index is 520. The molecule has 0 spiro atoms. The zero-order valence-electron chi connectivity index (χ0n) is 24.3. The Balaban J connectivity index is 1.86. The summed E-state index contributed by atoms with van der Waals surface area (Å²) >= 11 is 0. The van der Waals surface area contributed by atoms with Gasteiger partial charge in [-0.15, -0.1) is 0 Å². The molecule has 0 N–H and O–H groups in total. The van der Waals surface area contributed by atoms with Crippen molar-refractivity contribution in [2.24, 2.45) is 0 Å². The molecule has 0 radical (unpaired) electrons. The molecule has 0 fully saturated rings. The van der Waals surface area contributed by atoms with E-state index in [1.807, 2.05) is 0 Å². The van der Waals surface area contributed by atoms with E-state index in [0.717, 1.165) is 0 Å². The van der Waals surface area contributed by atoms with E-state index in [0.29, 0.717) is 0 Å². The van der Waals surface area contributed by atoms with Crippen LogP contribution in [0.1, 0.15) is 180 Å². The summed E-state index contributed by atoms with van der Waals surface area (Å²) in [5.74, 6) is 0. The number of aryl methyl sites for hydroxylation is 2. The molecule has 0 unspecified atom stereocenters. The molecule has 0 amide bonds. The van der Waals surface area contributed by atoms with Gasteiger partial charge in [0.2, 0.25) is 0 Å². The van der Waals surface area contributed by atoms with Gasteiger partial charge in [-0.1, -0.05) is 155 Å². The average Bonchev–Trinajstić information content (AvgIpc) is 2.88. The highest BCUT2D eigenvalue weighted by Gasteiger charge is 2.02. The SMILES string of the molecule is CCCCCCCCCCCCCCCc1cc[n+](CCCCCCCCCCCCCC)cc1. The maximum absolute atomic E-state index is 2.39. The highest BCUT2D eigenvalue weighted by atomic mass is 14.9. The maximum atomic E-state index is 2.39. The van der Waals surface area contributed by atoms with Gasteiger partial charge in [-0.3, -0.25) is 0 Å². The quantitative estimate of drug-likeness (QED) is 0.0859. The summed E-state index contributed by atoms with van der Waals surface area (Å²) in [6.07, 6.45) is 41.7. The van der Waals surface area contributed by atoms with Crippen LogP contribution in [-0.4, -0.2) is 0 Å². The molecule has 0 aliphatic rings. The predicted molar refractivity (Wildman–Crippen MR) is 157 cm³/mol. The van der Waals surface area contributed by atoms with E-state index in [1.54, 1.807) is 0 Å². The Kier molecular flexibility index (Phi) is 24.1. The van der Waals surface area contributed by atoms with Crippen LogP contribution < -0.4 is 4.57 Å². The minimum Gasteiger partial charge on any atom is -0.205 e. The fraction of sp³-hybridized carbons (Fsp3) is 0.853. The monoisotopic (exact) mass is 487 g/mol. The van der Waals surface area contributed by atoms with Crippen molar-refractivity contribution in [3.8, 4) is 0 Å². The Labute approximate surface area is 221 Å². The van der Waals surface area contributed by atoms with Gasteiger partial charge in [0, 0.05) is 18.6 Å². The minimum atomic E-state index is 1.19. The second-order valence-corrected chi connectivity index (χ2v) is 11.3. The highest BCUT2D eigenvalue weighted by Crippen LogP contribution is 2.14. The highest BCUT2D eigenvalue weighted by molar-refractivity contribution is 5.07. The van der Waals surface area contributed by atoms with Gasteiger partial charge in [0.1, 0.15) is 6.54 Å². The number of unbranched alkanes of at least 4 members (excludes halogenated alkanes) is 23. The van der Waals surface area contributed by atoms with E-state index >= 15 is 0 Å². The molecule has 0 aliphatic heterocycles. The zero-order valence-corrected chi connectivity index (χ0v) is 24.3. The van der Waals surface area contributed by atoms with Crippen LogP contribution in [0.3, 0.4) is 0 Å². The molecular formula is C34H64N+. The van der Waals surface area contributed by atoms with Crippen molar-refractivity contribution < 1.29 is 4.57 Å². The molecule has 0 aromatic carbocycles. The number of hydrogen-bond acceptors (Lipinski definition) is 0. The summed E-state index contributed by atoms with van der Waals surface area (Å²) < 4.78 is 2.39. The summed E-state index contributed by atoms with van der Waals surface area (Å²) in [7, 11) is 0. The molecule has 1 aromatic rings. The van der Waals surface area contributed by atoms with Crippen molar-refractivity contribution >= 4 is 0 Å². The number of aromatic nitrogens is 1. The van der Waals surface area contributed by atoms with E-state index in [1.165, 1.54) is 179 Å². The molecule has 1 heterocycles. The lowest BCUT2D eigenvalue weighted by atomic mass is 10.0. The number of rotatable bonds is 27. The first kappa shape index (κ1) is 32.2.